The van der Waals surface area contributed by atoms with Crippen molar-refractivity contribution in [3.63, 3.8) is 0 Å². The van der Waals surface area contributed by atoms with Crippen molar-refractivity contribution in [2.45, 2.75) is 23.1 Å². The molecule has 0 aliphatic carbocycles. The predicted molar refractivity (Wildman–Crippen MR) is 77.3 cm³/mol. The van der Waals surface area contributed by atoms with Crippen LogP contribution < -0.4 is 9.44 Å². The van der Waals surface area contributed by atoms with Gasteiger partial charge in [0.25, 0.3) is 0 Å². The average Bonchev–Trinajstić information content (AvgIpc) is 2.44. The van der Waals surface area contributed by atoms with Gasteiger partial charge in [-0.15, -0.1) is 0 Å². The van der Waals surface area contributed by atoms with Crippen LogP contribution in [0.15, 0.2) is 46.2 Å². The molecule has 1 aromatic carbocycles. The lowest BCUT2D eigenvalue weighted by atomic mass is 10.4. The topological polar surface area (TPSA) is 92.3 Å². The van der Waals surface area contributed by atoms with Crippen molar-refractivity contribution < 1.29 is 16.8 Å². The van der Waals surface area contributed by atoms with E-state index in [1.165, 1.54) is 31.3 Å². The average molecular weight is 318 g/mol. The number of sulfonamides is 2. The van der Waals surface area contributed by atoms with Gasteiger partial charge in [0.2, 0.25) is 20.0 Å². The Morgan fingerprint density at radius 2 is 1.50 bits per heavy atom. The Labute approximate surface area is 120 Å². The van der Waals surface area contributed by atoms with Crippen molar-refractivity contribution in [1.82, 2.24) is 9.44 Å². The maximum atomic E-state index is 11.9. The van der Waals surface area contributed by atoms with Gasteiger partial charge in [0, 0.05) is 6.54 Å². The molecule has 0 radical (unpaired) electrons. The van der Waals surface area contributed by atoms with E-state index in [0.717, 1.165) is 0 Å². The molecule has 0 heterocycles. The van der Waals surface area contributed by atoms with Crippen molar-refractivity contribution in [1.29, 1.82) is 0 Å². The lowest BCUT2D eigenvalue weighted by Gasteiger charge is -2.07. The first-order chi connectivity index (χ1) is 9.33. The van der Waals surface area contributed by atoms with Gasteiger partial charge in [-0.3, -0.25) is 0 Å². The van der Waals surface area contributed by atoms with Crippen LogP contribution in [0.5, 0.6) is 0 Å². The summed E-state index contributed by atoms with van der Waals surface area (Å²) >= 11 is 0. The fourth-order valence-electron chi connectivity index (χ4n) is 1.44. The number of nitrogens with one attached hydrogen (secondary N) is 2. The van der Waals surface area contributed by atoms with E-state index in [1.807, 2.05) is 19.1 Å². The van der Waals surface area contributed by atoms with Crippen LogP contribution in [0.3, 0.4) is 0 Å². The molecule has 0 atom stereocenters. The monoisotopic (exact) mass is 318 g/mol. The highest BCUT2D eigenvalue weighted by Crippen LogP contribution is 2.14. The smallest absolute Gasteiger partial charge is 0.214 e. The molecule has 0 unspecified atom stereocenters. The zero-order valence-corrected chi connectivity index (χ0v) is 13.0. The van der Waals surface area contributed by atoms with Crippen LogP contribution >= 0.6 is 0 Å². The van der Waals surface area contributed by atoms with Gasteiger partial charge in [0.1, 0.15) is 0 Å². The molecule has 0 saturated carbocycles. The summed E-state index contributed by atoms with van der Waals surface area (Å²) in [7, 11) is -5.87. The van der Waals surface area contributed by atoms with Crippen molar-refractivity contribution in [3.8, 4) is 0 Å². The zero-order valence-electron chi connectivity index (χ0n) is 11.3. The molecule has 0 spiro atoms. The summed E-state index contributed by atoms with van der Waals surface area (Å²) in [5.74, 6) is 0. The normalized spacial score (nSPS) is 12.9. The second kappa shape index (κ2) is 6.98. The third kappa shape index (κ3) is 4.41. The zero-order chi connectivity index (χ0) is 15.2. The van der Waals surface area contributed by atoms with Crippen LogP contribution in [0, 0.1) is 0 Å². The van der Waals surface area contributed by atoms with Crippen molar-refractivity contribution in [2.75, 3.05) is 13.6 Å². The summed E-state index contributed by atoms with van der Waals surface area (Å²) in [6.45, 7) is 2.15. The fraction of sp³-hybridized carbons (Fsp3) is 0.333. The van der Waals surface area contributed by atoms with Gasteiger partial charge >= 0.3 is 0 Å². The minimum absolute atomic E-state index is 0.0212. The lowest BCUT2D eigenvalue weighted by molar-refractivity contribution is 0.580. The third-order valence-electron chi connectivity index (χ3n) is 2.55. The number of hydrogen-bond donors (Lipinski definition) is 2. The Kier molecular flexibility index (Phi) is 5.88. The van der Waals surface area contributed by atoms with Gasteiger partial charge in [0.15, 0.2) is 0 Å². The summed E-state index contributed by atoms with van der Waals surface area (Å²) in [6.07, 6.45) is 4.29. The Morgan fingerprint density at radius 3 is 1.95 bits per heavy atom. The molecule has 0 aromatic heterocycles. The molecule has 0 aliphatic rings. The molecule has 0 aliphatic heterocycles. The van der Waals surface area contributed by atoms with E-state index in [9.17, 15) is 16.8 Å². The first-order valence-corrected chi connectivity index (χ1v) is 8.94. The van der Waals surface area contributed by atoms with E-state index < -0.39 is 20.0 Å². The highest BCUT2D eigenvalue weighted by atomic mass is 32.2. The molecule has 8 heteroatoms. The molecule has 112 valence electrons. The molecule has 0 fully saturated rings. The standard InChI is InChI=1S/C12H18N2O4S2/c1-3-4-5-10-14-20(17,18)12-8-6-11(7-9-12)19(15,16)13-2/h3-4,6-9,13-14H,5,10H2,1-2H3/b4-3+. The van der Waals surface area contributed by atoms with E-state index in [0.29, 0.717) is 13.0 Å². The fourth-order valence-corrected chi connectivity index (χ4v) is 3.22. The van der Waals surface area contributed by atoms with Crippen LogP contribution in [0.4, 0.5) is 0 Å². The predicted octanol–water partition coefficient (Wildman–Crippen LogP) is 0.839. The van der Waals surface area contributed by atoms with Crippen LogP contribution in [0.25, 0.3) is 0 Å². The Morgan fingerprint density at radius 1 is 1.00 bits per heavy atom. The largest absolute Gasteiger partial charge is 0.240 e. The van der Waals surface area contributed by atoms with Crippen molar-refractivity contribution in [2.24, 2.45) is 0 Å². The lowest BCUT2D eigenvalue weighted by Crippen LogP contribution is -2.24. The van der Waals surface area contributed by atoms with Crippen LogP contribution in [-0.4, -0.2) is 30.4 Å². The molecule has 1 rings (SSSR count). The van der Waals surface area contributed by atoms with Crippen molar-refractivity contribution >= 4 is 20.0 Å². The molecular formula is C12H18N2O4S2. The second-order valence-corrected chi connectivity index (χ2v) is 7.59. The van der Waals surface area contributed by atoms with Gasteiger partial charge < -0.3 is 0 Å². The number of allylic oxidation sites excluding steroid dienone is 1. The summed E-state index contributed by atoms with van der Waals surface area (Å²) in [5.41, 5.74) is 0. The van der Waals surface area contributed by atoms with Crippen molar-refractivity contribution in [3.05, 3.63) is 36.4 Å². The van der Waals surface area contributed by atoms with E-state index >= 15 is 0 Å². The van der Waals surface area contributed by atoms with Crippen LogP contribution in [0.2, 0.25) is 0 Å². The van der Waals surface area contributed by atoms with Gasteiger partial charge in [-0.1, -0.05) is 12.2 Å². The molecule has 0 saturated heterocycles. The third-order valence-corrected chi connectivity index (χ3v) is 5.46. The summed E-state index contributed by atoms with van der Waals surface area (Å²) in [4.78, 5) is 0.0564. The Bertz CT molecular complexity index is 662. The second-order valence-electron chi connectivity index (χ2n) is 3.93. The molecule has 0 bridgehead atoms. The van der Waals surface area contributed by atoms with E-state index in [4.69, 9.17) is 0 Å². The minimum Gasteiger partial charge on any atom is -0.214 e. The maximum Gasteiger partial charge on any atom is 0.240 e. The highest BCUT2D eigenvalue weighted by Gasteiger charge is 2.16. The first-order valence-electron chi connectivity index (χ1n) is 5.98. The van der Waals surface area contributed by atoms with Gasteiger partial charge in [0.05, 0.1) is 9.79 Å². The molecule has 2 N–H and O–H groups in total. The van der Waals surface area contributed by atoms with Gasteiger partial charge in [-0.2, -0.15) is 0 Å². The van der Waals surface area contributed by atoms with E-state index in [1.54, 1.807) is 0 Å². The van der Waals surface area contributed by atoms with Gasteiger partial charge in [-0.25, -0.2) is 26.3 Å². The van der Waals surface area contributed by atoms with Gasteiger partial charge in [-0.05, 0) is 44.7 Å². The van der Waals surface area contributed by atoms with E-state index in [-0.39, 0.29) is 9.79 Å². The molecular weight excluding hydrogens is 300 g/mol. The molecule has 20 heavy (non-hydrogen) atoms. The number of hydrogen-bond acceptors (Lipinski definition) is 4. The SMILES string of the molecule is C/C=C/CCNS(=O)(=O)c1ccc(S(=O)(=O)NC)cc1. The van der Waals surface area contributed by atoms with E-state index in [2.05, 4.69) is 9.44 Å². The summed E-state index contributed by atoms with van der Waals surface area (Å²) in [6, 6.07) is 5.04. The molecule has 6 nitrogen and oxygen atoms in total. The quantitative estimate of drug-likeness (QED) is 0.575. The minimum atomic E-state index is -3.61. The Hall–Kier alpha value is -1.22. The van der Waals surface area contributed by atoms with Crippen LogP contribution in [0.1, 0.15) is 13.3 Å². The van der Waals surface area contributed by atoms with Crippen LogP contribution in [-0.2, 0) is 20.0 Å². The summed E-state index contributed by atoms with van der Waals surface area (Å²) in [5, 5.41) is 0. The maximum absolute atomic E-state index is 11.9. The molecule has 0 amide bonds. The molecule has 1 aromatic rings. The summed E-state index contributed by atoms with van der Waals surface area (Å²) < 4.78 is 51.5. The highest BCUT2D eigenvalue weighted by molar-refractivity contribution is 7.90. The first kappa shape index (κ1) is 16.8. The number of rotatable bonds is 7. The number of benzene rings is 1. The Balaban J connectivity index is 2.87.